The van der Waals surface area contributed by atoms with Gasteiger partial charge in [-0.2, -0.15) is 0 Å². The molecule has 1 aromatic rings. The van der Waals surface area contributed by atoms with Crippen molar-refractivity contribution in [2.45, 2.75) is 19.4 Å². The monoisotopic (exact) mass is 273 g/mol. The van der Waals surface area contributed by atoms with Gasteiger partial charge < -0.3 is 9.84 Å². The van der Waals surface area contributed by atoms with Gasteiger partial charge in [-0.3, -0.25) is 4.72 Å². The molecule has 0 bridgehead atoms. The number of benzene rings is 1. The Hall–Kier alpha value is -1.11. The number of hydrogen-bond acceptors (Lipinski definition) is 4. The first-order valence-electron chi connectivity index (χ1n) is 5.72. The van der Waals surface area contributed by atoms with E-state index in [9.17, 15) is 13.5 Å². The van der Waals surface area contributed by atoms with Crippen molar-refractivity contribution in [1.82, 2.24) is 0 Å². The average molecular weight is 273 g/mol. The van der Waals surface area contributed by atoms with Gasteiger partial charge in [-0.1, -0.05) is 12.1 Å². The van der Waals surface area contributed by atoms with E-state index < -0.39 is 16.1 Å². The van der Waals surface area contributed by atoms with Gasteiger partial charge in [0, 0.05) is 19.4 Å². The molecule has 5 nitrogen and oxygen atoms in total. The van der Waals surface area contributed by atoms with E-state index >= 15 is 0 Å². The quantitative estimate of drug-likeness (QED) is 0.739. The first-order valence-corrected chi connectivity index (χ1v) is 7.37. The number of aliphatic hydroxyl groups excluding tert-OH is 1. The summed E-state index contributed by atoms with van der Waals surface area (Å²) in [5, 5.41) is 9.43. The number of ether oxygens (including phenoxy) is 1. The summed E-state index contributed by atoms with van der Waals surface area (Å²) in [5.74, 6) is 0.0136. The highest BCUT2D eigenvalue weighted by Crippen LogP contribution is 2.18. The van der Waals surface area contributed by atoms with Crippen molar-refractivity contribution in [2.24, 2.45) is 0 Å². The molecule has 0 heterocycles. The van der Waals surface area contributed by atoms with Crippen LogP contribution in [0.2, 0.25) is 0 Å². The molecule has 0 saturated carbocycles. The fourth-order valence-electron chi connectivity index (χ4n) is 1.49. The second-order valence-corrected chi connectivity index (χ2v) is 5.91. The van der Waals surface area contributed by atoms with Crippen LogP contribution in [0.1, 0.15) is 25.0 Å². The SMILES string of the molecule is COCCCS(=O)(=O)Nc1cccc(C(C)O)c1. The third-order valence-electron chi connectivity index (χ3n) is 2.40. The van der Waals surface area contributed by atoms with Gasteiger partial charge in [0.1, 0.15) is 0 Å². The summed E-state index contributed by atoms with van der Waals surface area (Å²) < 4.78 is 30.7. The van der Waals surface area contributed by atoms with Gasteiger partial charge in [0.2, 0.25) is 10.0 Å². The number of rotatable bonds is 7. The van der Waals surface area contributed by atoms with Crippen molar-refractivity contribution >= 4 is 15.7 Å². The molecule has 0 aliphatic carbocycles. The highest BCUT2D eigenvalue weighted by Gasteiger charge is 2.10. The molecule has 0 aliphatic rings. The van der Waals surface area contributed by atoms with Crippen LogP contribution in [0.25, 0.3) is 0 Å². The van der Waals surface area contributed by atoms with Crippen LogP contribution in [0.15, 0.2) is 24.3 Å². The number of sulfonamides is 1. The van der Waals surface area contributed by atoms with Crippen LogP contribution in [0.3, 0.4) is 0 Å². The van der Waals surface area contributed by atoms with Crippen LogP contribution in [-0.4, -0.2) is 33.0 Å². The van der Waals surface area contributed by atoms with E-state index in [-0.39, 0.29) is 5.75 Å². The first-order chi connectivity index (χ1) is 8.44. The van der Waals surface area contributed by atoms with E-state index in [1.165, 1.54) is 7.11 Å². The maximum atomic E-state index is 11.7. The zero-order valence-electron chi connectivity index (χ0n) is 10.6. The summed E-state index contributed by atoms with van der Waals surface area (Å²) >= 11 is 0. The van der Waals surface area contributed by atoms with Gasteiger partial charge in [-0.25, -0.2) is 8.42 Å². The molecule has 1 rings (SSSR count). The molecule has 0 spiro atoms. The number of aliphatic hydroxyl groups is 1. The van der Waals surface area contributed by atoms with Crippen LogP contribution in [0.5, 0.6) is 0 Å². The lowest BCUT2D eigenvalue weighted by atomic mass is 10.1. The van der Waals surface area contributed by atoms with Crippen LogP contribution < -0.4 is 4.72 Å². The van der Waals surface area contributed by atoms with E-state index in [2.05, 4.69) is 4.72 Å². The Labute approximate surface area is 108 Å². The summed E-state index contributed by atoms with van der Waals surface area (Å²) in [7, 11) is -1.83. The summed E-state index contributed by atoms with van der Waals surface area (Å²) in [4.78, 5) is 0. The lowest BCUT2D eigenvalue weighted by molar-refractivity contribution is 0.199. The topological polar surface area (TPSA) is 75.6 Å². The van der Waals surface area contributed by atoms with E-state index in [1.54, 1.807) is 31.2 Å². The molecule has 6 heteroatoms. The minimum Gasteiger partial charge on any atom is -0.389 e. The summed E-state index contributed by atoms with van der Waals surface area (Å²) in [6.07, 6.45) is -0.176. The Morgan fingerprint density at radius 3 is 2.78 bits per heavy atom. The number of hydrogen-bond donors (Lipinski definition) is 2. The Kier molecular flexibility index (Phi) is 5.58. The molecule has 0 radical (unpaired) electrons. The van der Waals surface area contributed by atoms with E-state index in [1.807, 2.05) is 0 Å². The van der Waals surface area contributed by atoms with Gasteiger partial charge in [-0.15, -0.1) is 0 Å². The second kappa shape index (κ2) is 6.72. The highest BCUT2D eigenvalue weighted by atomic mass is 32.2. The molecule has 1 aromatic carbocycles. The fourth-order valence-corrected chi connectivity index (χ4v) is 2.57. The number of nitrogens with one attached hydrogen (secondary N) is 1. The minimum atomic E-state index is -3.36. The Bertz CT molecular complexity index is 471. The maximum Gasteiger partial charge on any atom is 0.232 e. The second-order valence-electron chi connectivity index (χ2n) is 4.07. The smallest absolute Gasteiger partial charge is 0.232 e. The summed E-state index contributed by atoms with van der Waals surface area (Å²) in [6, 6.07) is 6.72. The van der Waals surface area contributed by atoms with Crippen molar-refractivity contribution in [3.63, 3.8) is 0 Å². The predicted octanol–water partition coefficient (Wildman–Crippen LogP) is 1.52. The normalized spacial score (nSPS) is 13.3. The van der Waals surface area contributed by atoms with Crippen molar-refractivity contribution in [3.05, 3.63) is 29.8 Å². The molecule has 0 fully saturated rings. The van der Waals surface area contributed by atoms with Gasteiger partial charge in [0.15, 0.2) is 0 Å². The third kappa shape index (κ3) is 5.03. The fraction of sp³-hybridized carbons (Fsp3) is 0.500. The van der Waals surface area contributed by atoms with Gasteiger partial charge >= 0.3 is 0 Å². The molecule has 2 N–H and O–H groups in total. The van der Waals surface area contributed by atoms with Gasteiger partial charge in [-0.05, 0) is 31.0 Å². The molecule has 1 unspecified atom stereocenters. The van der Waals surface area contributed by atoms with Crippen molar-refractivity contribution in [1.29, 1.82) is 0 Å². The molecular formula is C12H19NO4S. The Morgan fingerprint density at radius 2 is 2.17 bits per heavy atom. The maximum absolute atomic E-state index is 11.7. The standard InChI is InChI=1S/C12H19NO4S/c1-10(14)11-5-3-6-12(9-11)13-18(15,16)8-4-7-17-2/h3,5-6,9-10,13-14H,4,7-8H2,1-2H3. The zero-order valence-corrected chi connectivity index (χ0v) is 11.4. The number of methoxy groups -OCH3 is 1. The van der Waals surface area contributed by atoms with Crippen molar-refractivity contribution < 1.29 is 18.3 Å². The molecule has 102 valence electrons. The van der Waals surface area contributed by atoms with Crippen LogP contribution in [0, 0.1) is 0 Å². The number of anilines is 1. The summed E-state index contributed by atoms with van der Waals surface area (Å²) in [6.45, 7) is 2.04. The third-order valence-corrected chi connectivity index (χ3v) is 3.78. The average Bonchev–Trinajstić information content (AvgIpc) is 2.28. The molecule has 1 atom stereocenters. The van der Waals surface area contributed by atoms with Gasteiger partial charge in [0.05, 0.1) is 11.9 Å². The first kappa shape index (κ1) is 14.9. The zero-order chi connectivity index (χ0) is 13.6. The Morgan fingerprint density at radius 1 is 1.44 bits per heavy atom. The largest absolute Gasteiger partial charge is 0.389 e. The molecule has 0 aromatic heterocycles. The predicted molar refractivity (Wildman–Crippen MR) is 71.0 cm³/mol. The lowest BCUT2D eigenvalue weighted by Crippen LogP contribution is -2.17. The van der Waals surface area contributed by atoms with Gasteiger partial charge in [0.25, 0.3) is 0 Å². The molecule has 0 amide bonds. The highest BCUT2D eigenvalue weighted by molar-refractivity contribution is 7.92. The van der Waals surface area contributed by atoms with E-state index in [4.69, 9.17) is 4.74 Å². The van der Waals surface area contributed by atoms with Crippen molar-refractivity contribution in [2.75, 3.05) is 24.2 Å². The molecular weight excluding hydrogens is 254 g/mol. The van der Waals surface area contributed by atoms with E-state index in [0.717, 1.165) is 0 Å². The van der Waals surface area contributed by atoms with Crippen LogP contribution in [0.4, 0.5) is 5.69 Å². The van der Waals surface area contributed by atoms with Crippen LogP contribution >= 0.6 is 0 Å². The molecule has 0 aliphatic heterocycles. The summed E-state index contributed by atoms with van der Waals surface area (Å²) in [5.41, 5.74) is 1.14. The molecule has 0 saturated heterocycles. The van der Waals surface area contributed by atoms with E-state index in [0.29, 0.717) is 24.3 Å². The minimum absolute atomic E-state index is 0.0136. The van der Waals surface area contributed by atoms with Crippen molar-refractivity contribution in [3.8, 4) is 0 Å². The van der Waals surface area contributed by atoms with Crippen LogP contribution in [-0.2, 0) is 14.8 Å². The molecule has 18 heavy (non-hydrogen) atoms. The Balaban J connectivity index is 2.69. The lowest BCUT2D eigenvalue weighted by Gasteiger charge is -2.10.